The monoisotopic (exact) mass is 421 g/mol. The molecule has 0 radical (unpaired) electrons. The topological polar surface area (TPSA) is 66.0 Å². The molecule has 0 fully saturated rings. The summed E-state index contributed by atoms with van der Waals surface area (Å²) >= 11 is 0. The molecule has 1 N–H and O–H groups in total. The van der Waals surface area contributed by atoms with Crippen LogP contribution in [0.5, 0.6) is 23.0 Å². The summed E-state index contributed by atoms with van der Waals surface area (Å²) in [5.41, 5.74) is 2.86. The fourth-order valence-corrected chi connectivity index (χ4v) is 3.12. The molecular weight excluding hydrogens is 394 g/mol. The van der Waals surface area contributed by atoms with Gasteiger partial charge in [-0.05, 0) is 41.0 Å². The maximum atomic E-state index is 12.4. The van der Waals surface area contributed by atoms with Gasteiger partial charge in [-0.25, -0.2) is 0 Å². The lowest BCUT2D eigenvalue weighted by atomic mass is 10.1. The maximum absolute atomic E-state index is 12.4. The first-order chi connectivity index (χ1) is 15.1. The number of rotatable bonds is 10. The van der Waals surface area contributed by atoms with E-state index in [0.717, 1.165) is 22.4 Å². The molecule has 0 aliphatic heterocycles. The maximum Gasteiger partial charge on any atom is 0.224 e. The number of hydrogen-bond acceptors (Lipinski definition) is 5. The second-order valence-corrected chi connectivity index (χ2v) is 6.91. The van der Waals surface area contributed by atoms with Gasteiger partial charge in [0.15, 0.2) is 11.5 Å². The van der Waals surface area contributed by atoms with Crippen LogP contribution in [0.2, 0.25) is 0 Å². The van der Waals surface area contributed by atoms with E-state index >= 15 is 0 Å². The molecule has 162 valence electrons. The molecule has 3 aromatic rings. The summed E-state index contributed by atoms with van der Waals surface area (Å²) in [6.07, 6.45) is 0.208. The van der Waals surface area contributed by atoms with Gasteiger partial charge in [-0.2, -0.15) is 0 Å². The number of carbonyl (C=O) groups is 1. The summed E-state index contributed by atoms with van der Waals surface area (Å²) in [5.74, 6) is 2.30. The molecule has 0 unspecified atom stereocenters. The summed E-state index contributed by atoms with van der Waals surface area (Å²) < 4.78 is 21.8. The Morgan fingerprint density at radius 2 is 1.39 bits per heavy atom. The Morgan fingerprint density at radius 3 is 1.97 bits per heavy atom. The Labute approximate surface area is 182 Å². The molecule has 0 bridgehead atoms. The fourth-order valence-electron chi connectivity index (χ4n) is 3.12. The number of carbonyl (C=O) groups excluding carboxylic acids is 1. The fraction of sp³-hybridized carbons (Fsp3) is 0.240. The Balaban J connectivity index is 1.52. The second-order valence-electron chi connectivity index (χ2n) is 6.91. The summed E-state index contributed by atoms with van der Waals surface area (Å²) in [6.45, 7) is 0.945. The highest BCUT2D eigenvalue weighted by molar-refractivity contribution is 5.79. The Bertz CT molecular complexity index is 962. The van der Waals surface area contributed by atoms with E-state index in [-0.39, 0.29) is 12.3 Å². The van der Waals surface area contributed by atoms with Gasteiger partial charge in [-0.3, -0.25) is 4.79 Å². The largest absolute Gasteiger partial charge is 0.493 e. The lowest BCUT2D eigenvalue weighted by molar-refractivity contribution is -0.120. The summed E-state index contributed by atoms with van der Waals surface area (Å²) in [4.78, 5) is 12.4. The molecule has 0 aliphatic carbocycles. The second kappa shape index (κ2) is 10.9. The zero-order valence-electron chi connectivity index (χ0n) is 18.0. The van der Waals surface area contributed by atoms with Crippen molar-refractivity contribution >= 4 is 5.91 Å². The molecule has 0 saturated heterocycles. The van der Waals surface area contributed by atoms with Crippen LogP contribution in [0.25, 0.3) is 0 Å². The molecule has 6 heteroatoms. The molecule has 0 spiro atoms. The summed E-state index contributed by atoms with van der Waals surface area (Å²) in [5, 5.41) is 2.95. The van der Waals surface area contributed by atoms with Crippen LogP contribution in [0.3, 0.4) is 0 Å². The highest BCUT2D eigenvalue weighted by atomic mass is 16.5. The number of nitrogens with one attached hydrogen (secondary N) is 1. The highest BCUT2D eigenvalue weighted by Crippen LogP contribution is 2.38. The average molecular weight is 421 g/mol. The predicted molar refractivity (Wildman–Crippen MR) is 119 cm³/mol. The van der Waals surface area contributed by atoms with Crippen molar-refractivity contribution in [2.75, 3.05) is 21.3 Å². The van der Waals surface area contributed by atoms with Crippen LogP contribution in [0.4, 0.5) is 0 Å². The van der Waals surface area contributed by atoms with Crippen molar-refractivity contribution in [1.29, 1.82) is 0 Å². The van der Waals surface area contributed by atoms with E-state index in [0.29, 0.717) is 30.4 Å². The zero-order chi connectivity index (χ0) is 22.1. The number of methoxy groups -OCH3 is 3. The predicted octanol–water partition coefficient (Wildman–Crippen LogP) is 4.15. The van der Waals surface area contributed by atoms with E-state index in [9.17, 15) is 4.79 Å². The minimum atomic E-state index is -0.0919. The smallest absolute Gasteiger partial charge is 0.224 e. The Morgan fingerprint density at radius 1 is 0.774 bits per heavy atom. The van der Waals surface area contributed by atoms with Crippen molar-refractivity contribution in [3.05, 3.63) is 83.4 Å². The minimum absolute atomic E-state index is 0.0919. The third-order valence-corrected chi connectivity index (χ3v) is 4.75. The van der Waals surface area contributed by atoms with Crippen LogP contribution in [0.15, 0.2) is 66.7 Å². The van der Waals surface area contributed by atoms with Gasteiger partial charge in [0.2, 0.25) is 11.7 Å². The SMILES string of the molecule is COc1cc(CC(=O)NCc2ccc(COc3ccccc3)cc2)cc(OC)c1OC. The minimum Gasteiger partial charge on any atom is -0.493 e. The van der Waals surface area contributed by atoms with Crippen LogP contribution >= 0.6 is 0 Å². The first-order valence-corrected chi connectivity index (χ1v) is 9.94. The van der Waals surface area contributed by atoms with Crippen LogP contribution in [0, 0.1) is 0 Å². The quantitative estimate of drug-likeness (QED) is 0.533. The molecule has 0 aliphatic rings. The van der Waals surface area contributed by atoms with Gasteiger partial charge < -0.3 is 24.3 Å². The normalized spacial score (nSPS) is 10.3. The molecule has 0 aromatic heterocycles. The van der Waals surface area contributed by atoms with Gasteiger partial charge >= 0.3 is 0 Å². The zero-order valence-corrected chi connectivity index (χ0v) is 18.0. The molecule has 3 aromatic carbocycles. The summed E-state index contributed by atoms with van der Waals surface area (Å²) in [7, 11) is 4.65. The van der Waals surface area contributed by atoms with Crippen LogP contribution in [0.1, 0.15) is 16.7 Å². The highest BCUT2D eigenvalue weighted by Gasteiger charge is 2.14. The summed E-state index contributed by atoms with van der Waals surface area (Å²) in [6, 6.07) is 21.2. The van der Waals surface area contributed by atoms with Crippen molar-refractivity contribution in [2.45, 2.75) is 19.6 Å². The molecule has 0 atom stereocenters. The first-order valence-electron chi connectivity index (χ1n) is 9.94. The average Bonchev–Trinajstić information content (AvgIpc) is 2.82. The van der Waals surface area contributed by atoms with E-state index < -0.39 is 0 Å². The van der Waals surface area contributed by atoms with Crippen molar-refractivity contribution in [1.82, 2.24) is 5.32 Å². The molecule has 0 heterocycles. The molecule has 31 heavy (non-hydrogen) atoms. The molecule has 6 nitrogen and oxygen atoms in total. The van der Waals surface area contributed by atoms with Crippen molar-refractivity contribution in [3.8, 4) is 23.0 Å². The van der Waals surface area contributed by atoms with Gasteiger partial charge in [-0.1, -0.05) is 42.5 Å². The van der Waals surface area contributed by atoms with Crippen LogP contribution in [-0.4, -0.2) is 27.2 Å². The number of hydrogen-bond donors (Lipinski definition) is 1. The van der Waals surface area contributed by atoms with Crippen LogP contribution < -0.4 is 24.3 Å². The number of para-hydroxylation sites is 1. The van der Waals surface area contributed by atoms with E-state index in [1.165, 1.54) is 0 Å². The van der Waals surface area contributed by atoms with Gasteiger partial charge in [0.25, 0.3) is 0 Å². The number of benzene rings is 3. The van der Waals surface area contributed by atoms with Gasteiger partial charge in [0, 0.05) is 6.54 Å². The van der Waals surface area contributed by atoms with Gasteiger partial charge in [0.1, 0.15) is 12.4 Å². The van der Waals surface area contributed by atoms with Crippen molar-refractivity contribution in [2.24, 2.45) is 0 Å². The third-order valence-electron chi connectivity index (χ3n) is 4.75. The lowest BCUT2D eigenvalue weighted by Crippen LogP contribution is -2.24. The van der Waals surface area contributed by atoms with E-state index in [1.807, 2.05) is 54.6 Å². The Kier molecular flexibility index (Phi) is 7.76. The van der Waals surface area contributed by atoms with E-state index in [4.69, 9.17) is 18.9 Å². The van der Waals surface area contributed by atoms with Crippen molar-refractivity contribution in [3.63, 3.8) is 0 Å². The van der Waals surface area contributed by atoms with E-state index in [1.54, 1.807) is 33.5 Å². The molecular formula is C25H27NO5. The standard InChI is InChI=1S/C25H27NO5/c1-28-22-13-20(14-23(29-2)25(22)30-3)15-24(27)26-16-18-9-11-19(12-10-18)17-31-21-7-5-4-6-8-21/h4-14H,15-17H2,1-3H3,(H,26,27). The van der Waals surface area contributed by atoms with Crippen molar-refractivity contribution < 1.29 is 23.7 Å². The van der Waals surface area contributed by atoms with E-state index in [2.05, 4.69) is 5.32 Å². The number of ether oxygens (including phenoxy) is 4. The molecule has 0 saturated carbocycles. The third kappa shape index (κ3) is 6.15. The number of amides is 1. The van der Waals surface area contributed by atoms with Gasteiger partial charge in [-0.15, -0.1) is 0 Å². The molecule has 3 rings (SSSR count). The lowest BCUT2D eigenvalue weighted by Gasteiger charge is -2.14. The van der Waals surface area contributed by atoms with Gasteiger partial charge in [0.05, 0.1) is 27.8 Å². The first kappa shape index (κ1) is 22.0. The molecule has 1 amide bonds. The Hall–Kier alpha value is -3.67. The van der Waals surface area contributed by atoms with Crippen LogP contribution in [-0.2, 0) is 24.4 Å².